The fourth-order valence-electron chi connectivity index (χ4n) is 3.62. The van der Waals surface area contributed by atoms with Gasteiger partial charge in [-0.3, -0.25) is 14.3 Å². The lowest BCUT2D eigenvalue weighted by Crippen LogP contribution is -2.57. The molecule has 1 atom stereocenters. The van der Waals surface area contributed by atoms with Gasteiger partial charge in [0.2, 0.25) is 5.91 Å². The molecule has 1 aliphatic rings. The number of anilines is 1. The number of hydrogen-bond acceptors (Lipinski definition) is 3. The maximum absolute atomic E-state index is 13.0. The molecule has 6 heteroatoms. The van der Waals surface area contributed by atoms with Crippen LogP contribution in [0.3, 0.4) is 0 Å². The van der Waals surface area contributed by atoms with Crippen LogP contribution in [0.15, 0.2) is 67.0 Å². The summed E-state index contributed by atoms with van der Waals surface area (Å²) in [5.41, 5.74) is 3.45. The van der Waals surface area contributed by atoms with Crippen LogP contribution in [0.2, 0.25) is 0 Å². The maximum atomic E-state index is 13.0. The van der Waals surface area contributed by atoms with E-state index in [-0.39, 0.29) is 24.4 Å². The van der Waals surface area contributed by atoms with Crippen molar-refractivity contribution in [2.45, 2.75) is 13.0 Å². The van der Waals surface area contributed by atoms with Gasteiger partial charge >= 0.3 is 0 Å². The highest BCUT2D eigenvalue weighted by Gasteiger charge is 2.34. The van der Waals surface area contributed by atoms with Gasteiger partial charge in [0.05, 0.1) is 17.4 Å². The number of hydrogen-bond donors (Lipinski definition) is 0. The molecule has 0 bridgehead atoms. The molecule has 2 amide bonds. The number of amides is 2. The van der Waals surface area contributed by atoms with E-state index in [2.05, 4.69) is 5.10 Å². The Bertz CT molecular complexity index is 1010. The molecule has 2 aromatic carbocycles. The van der Waals surface area contributed by atoms with Crippen LogP contribution in [0.25, 0.3) is 11.1 Å². The van der Waals surface area contributed by atoms with Crippen molar-refractivity contribution in [3.8, 4) is 11.1 Å². The Hall–Kier alpha value is -3.41. The normalized spacial score (nSPS) is 17.1. The first-order chi connectivity index (χ1) is 13.5. The number of aromatic nitrogens is 2. The molecule has 142 valence electrons. The van der Waals surface area contributed by atoms with E-state index >= 15 is 0 Å². The molecular formula is C22H22N4O2. The van der Waals surface area contributed by atoms with Crippen LogP contribution in [0.5, 0.6) is 0 Å². The van der Waals surface area contributed by atoms with Gasteiger partial charge in [-0.25, -0.2) is 0 Å². The zero-order valence-corrected chi connectivity index (χ0v) is 15.9. The summed E-state index contributed by atoms with van der Waals surface area (Å²) < 4.78 is 1.59. The van der Waals surface area contributed by atoms with Crippen LogP contribution >= 0.6 is 0 Å². The smallest absolute Gasteiger partial charge is 0.257 e. The lowest BCUT2D eigenvalue weighted by molar-refractivity contribution is -0.121. The quantitative estimate of drug-likeness (QED) is 0.708. The predicted octanol–water partition coefficient (Wildman–Crippen LogP) is 2.96. The highest BCUT2D eigenvalue weighted by molar-refractivity contribution is 6.03. The molecule has 0 spiro atoms. The monoisotopic (exact) mass is 374 g/mol. The van der Waals surface area contributed by atoms with Crippen molar-refractivity contribution in [1.29, 1.82) is 0 Å². The Morgan fingerprint density at radius 3 is 2.50 bits per heavy atom. The molecule has 0 saturated carbocycles. The molecule has 6 nitrogen and oxygen atoms in total. The van der Waals surface area contributed by atoms with Crippen molar-refractivity contribution in [2.24, 2.45) is 7.05 Å². The van der Waals surface area contributed by atoms with E-state index in [1.165, 1.54) is 6.20 Å². The summed E-state index contributed by atoms with van der Waals surface area (Å²) in [7, 11) is 1.77. The Morgan fingerprint density at radius 1 is 1.07 bits per heavy atom. The van der Waals surface area contributed by atoms with E-state index in [1.807, 2.05) is 61.5 Å². The minimum absolute atomic E-state index is 0.0536. The minimum atomic E-state index is -0.162. The van der Waals surface area contributed by atoms with E-state index in [0.717, 1.165) is 16.8 Å². The van der Waals surface area contributed by atoms with Gasteiger partial charge in [-0.15, -0.1) is 0 Å². The van der Waals surface area contributed by atoms with Gasteiger partial charge in [0.25, 0.3) is 5.91 Å². The summed E-state index contributed by atoms with van der Waals surface area (Å²) in [6.07, 6.45) is 3.22. The van der Waals surface area contributed by atoms with Crippen LogP contribution in [0.4, 0.5) is 5.69 Å². The van der Waals surface area contributed by atoms with E-state index < -0.39 is 0 Å². The molecule has 28 heavy (non-hydrogen) atoms. The average Bonchev–Trinajstić information content (AvgIpc) is 3.16. The van der Waals surface area contributed by atoms with Crippen LogP contribution in [0.1, 0.15) is 17.3 Å². The van der Waals surface area contributed by atoms with Crippen molar-refractivity contribution < 1.29 is 9.59 Å². The standard InChI is InChI=1S/C22H22N4O2/c1-16-13-26(20-11-7-6-10-19(20)17-8-4-3-5-9-17)21(27)15-25(16)22(28)18-12-23-24(2)14-18/h3-12,14,16H,13,15H2,1-2H3/t16-/m0/s1. The van der Waals surface area contributed by atoms with Crippen molar-refractivity contribution in [3.05, 3.63) is 72.6 Å². The first kappa shape index (κ1) is 18.0. The third-order valence-electron chi connectivity index (χ3n) is 5.08. The highest BCUT2D eigenvalue weighted by atomic mass is 16.2. The highest BCUT2D eigenvalue weighted by Crippen LogP contribution is 2.32. The second kappa shape index (κ2) is 7.31. The van der Waals surface area contributed by atoms with Crippen molar-refractivity contribution in [2.75, 3.05) is 18.0 Å². The molecule has 0 radical (unpaired) electrons. The van der Waals surface area contributed by atoms with Gasteiger partial charge in [-0.05, 0) is 18.6 Å². The molecular weight excluding hydrogens is 352 g/mol. The summed E-state index contributed by atoms with van der Waals surface area (Å²) in [5.74, 6) is -0.247. The van der Waals surface area contributed by atoms with Crippen molar-refractivity contribution in [1.82, 2.24) is 14.7 Å². The lowest BCUT2D eigenvalue weighted by atomic mass is 10.0. The van der Waals surface area contributed by atoms with Gasteiger partial charge in [0.15, 0.2) is 0 Å². The van der Waals surface area contributed by atoms with E-state index in [4.69, 9.17) is 0 Å². The van der Waals surface area contributed by atoms with Gasteiger partial charge < -0.3 is 9.80 Å². The Morgan fingerprint density at radius 2 is 1.79 bits per heavy atom. The topological polar surface area (TPSA) is 58.4 Å². The van der Waals surface area contributed by atoms with E-state index in [9.17, 15) is 9.59 Å². The first-order valence-electron chi connectivity index (χ1n) is 9.29. The molecule has 1 aromatic heterocycles. The number of nitrogens with zero attached hydrogens (tertiary/aromatic N) is 4. The molecule has 4 rings (SSSR count). The van der Waals surface area contributed by atoms with Crippen LogP contribution < -0.4 is 4.90 Å². The van der Waals surface area contributed by atoms with Gasteiger partial charge in [-0.2, -0.15) is 5.10 Å². The van der Waals surface area contributed by atoms with Gasteiger partial charge in [0, 0.05) is 31.4 Å². The largest absolute Gasteiger partial charge is 0.325 e. The van der Waals surface area contributed by atoms with Crippen molar-refractivity contribution in [3.63, 3.8) is 0 Å². The third kappa shape index (κ3) is 3.29. The molecule has 1 fully saturated rings. The summed E-state index contributed by atoms with van der Waals surface area (Å²) in [5, 5.41) is 4.06. The maximum Gasteiger partial charge on any atom is 0.257 e. The van der Waals surface area contributed by atoms with Crippen LogP contribution in [-0.4, -0.2) is 45.6 Å². The summed E-state index contributed by atoms with van der Waals surface area (Å²) in [6.45, 7) is 2.48. The average molecular weight is 374 g/mol. The van der Waals surface area contributed by atoms with E-state index in [0.29, 0.717) is 12.1 Å². The number of carbonyl (C=O) groups is 2. The minimum Gasteiger partial charge on any atom is -0.325 e. The summed E-state index contributed by atoms with van der Waals surface area (Å²) >= 11 is 0. The number of carbonyl (C=O) groups excluding carboxylic acids is 2. The molecule has 2 heterocycles. The SMILES string of the molecule is C[C@H]1CN(c2ccccc2-c2ccccc2)C(=O)CN1C(=O)c1cnn(C)c1. The number of piperazine rings is 1. The molecule has 3 aromatic rings. The summed E-state index contributed by atoms with van der Waals surface area (Å²) in [4.78, 5) is 29.2. The van der Waals surface area contributed by atoms with Crippen molar-refractivity contribution >= 4 is 17.5 Å². The lowest BCUT2D eigenvalue weighted by Gasteiger charge is -2.39. The Balaban J connectivity index is 1.61. The fraction of sp³-hybridized carbons (Fsp3) is 0.227. The number of benzene rings is 2. The predicted molar refractivity (Wildman–Crippen MR) is 108 cm³/mol. The molecule has 0 aliphatic carbocycles. The third-order valence-corrected chi connectivity index (χ3v) is 5.08. The Labute approximate surface area is 164 Å². The number of rotatable bonds is 3. The summed E-state index contributed by atoms with van der Waals surface area (Å²) in [6, 6.07) is 17.8. The van der Waals surface area contributed by atoms with E-state index in [1.54, 1.807) is 27.7 Å². The number of para-hydroxylation sites is 1. The van der Waals surface area contributed by atoms with Crippen LogP contribution in [-0.2, 0) is 11.8 Å². The van der Waals surface area contributed by atoms with Crippen LogP contribution in [0, 0.1) is 0 Å². The second-order valence-electron chi connectivity index (χ2n) is 7.07. The molecule has 1 aliphatic heterocycles. The van der Waals surface area contributed by atoms with Gasteiger partial charge in [0.1, 0.15) is 6.54 Å². The number of aryl methyl sites for hydroxylation is 1. The van der Waals surface area contributed by atoms with Gasteiger partial charge in [-0.1, -0.05) is 48.5 Å². The second-order valence-corrected chi connectivity index (χ2v) is 7.07. The Kier molecular flexibility index (Phi) is 4.69. The zero-order chi connectivity index (χ0) is 19.7. The first-order valence-corrected chi connectivity index (χ1v) is 9.29. The molecule has 0 unspecified atom stereocenters. The molecule has 1 saturated heterocycles. The fourth-order valence-corrected chi connectivity index (χ4v) is 3.62. The molecule has 0 N–H and O–H groups in total. The zero-order valence-electron chi connectivity index (χ0n) is 15.9.